The van der Waals surface area contributed by atoms with Crippen LogP contribution in [0.2, 0.25) is 0 Å². The molecule has 28 heavy (non-hydrogen) atoms. The van der Waals surface area contributed by atoms with Crippen molar-refractivity contribution in [3.8, 4) is 5.82 Å². The van der Waals surface area contributed by atoms with E-state index in [1.165, 1.54) is 19.3 Å². The minimum Gasteiger partial charge on any atom is -0.324 e. The normalized spacial score (nSPS) is 30.6. The van der Waals surface area contributed by atoms with Gasteiger partial charge in [0.05, 0.1) is 28.3 Å². The number of benzene rings is 1. The third-order valence-corrected chi connectivity index (χ3v) is 7.23. The molecule has 5 nitrogen and oxygen atoms in total. The SMILES string of the molecule is O=C(Nc1ccc(-n2cnc3ccccc32)nc1)C12CC3CC(CC(C3)C1)C2. The number of carbonyl (C=O) groups is 1. The lowest BCUT2D eigenvalue weighted by atomic mass is 9.49. The smallest absolute Gasteiger partial charge is 0.230 e. The van der Waals surface area contributed by atoms with Gasteiger partial charge in [-0.05, 0) is 80.5 Å². The average Bonchev–Trinajstić information content (AvgIpc) is 3.12. The van der Waals surface area contributed by atoms with Crippen molar-refractivity contribution in [1.29, 1.82) is 0 Å². The number of hydrogen-bond acceptors (Lipinski definition) is 3. The van der Waals surface area contributed by atoms with E-state index in [1.54, 1.807) is 12.5 Å². The minimum absolute atomic E-state index is 0.131. The van der Waals surface area contributed by atoms with Gasteiger partial charge in [0.25, 0.3) is 0 Å². The molecule has 0 atom stereocenters. The molecule has 142 valence electrons. The molecule has 4 aliphatic rings. The van der Waals surface area contributed by atoms with Crippen molar-refractivity contribution < 1.29 is 4.79 Å². The number of nitrogens with one attached hydrogen (secondary N) is 1. The molecular weight excluding hydrogens is 348 g/mol. The zero-order valence-corrected chi connectivity index (χ0v) is 15.8. The van der Waals surface area contributed by atoms with Gasteiger partial charge in [0.2, 0.25) is 5.91 Å². The highest BCUT2D eigenvalue weighted by Gasteiger charge is 2.54. The fraction of sp³-hybridized carbons (Fsp3) is 0.435. The number of pyridine rings is 1. The zero-order chi connectivity index (χ0) is 18.7. The molecule has 4 fully saturated rings. The van der Waals surface area contributed by atoms with Crippen molar-refractivity contribution in [2.24, 2.45) is 23.2 Å². The maximum absolute atomic E-state index is 13.2. The first kappa shape index (κ1) is 16.3. The van der Waals surface area contributed by atoms with Crippen molar-refractivity contribution in [2.45, 2.75) is 38.5 Å². The standard InChI is InChI=1S/C23H24N4O/c28-22(23-10-15-7-16(11-23)9-17(8-15)12-23)26-18-5-6-21(24-13-18)27-14-25-19-3-1-2-4-20(19)27/h1-6,13-17H,7-12H2,(H,26,28). The first-order chi connectivity index (χ1) is 13.7. The molecule has 3 aromatic rings. The van der Waals surface area contributed by atoms with Gasteiger partial charge in [0.15, 0.2) is 0 Å². The summed E-state index contributed by atoms with van der Waals surface area (Å²) in [6.07, 6.45) is 10.8. The van der Waals surface area contributed by atoms with Crippen molar-refractivity contribution in [3.63, 3.8) is 0 Å². The molecule has 0 saturated heterocycles. The third kappa shape index (κ3) is 2.49. The summed E-state index contributed by atoms with van der Waals surface area (Å²) in [6, 6.07) is 11.9. The van der Waals surface area contributed by atoms with Crippen molar-refractivity contribution in [2.75, 3.05) is 5.32 Å². The van der Waals surface area contributed by atoms with E-state index >= 15 is 0 Å². The number of carbonyl (C=O) groups excluding carboxylic acids is 1. The van der Waals surface area contributed by atoms with E-state index in [0.29, 0.717) is 0 Å². The van der Waals surface area contributed by atoms with Gasteiger partial charge in [-0.15, -0.1) is 0 Å². The van der Waals surface area contributed by atoms with E-state index in [1.807, 2.05) is 41.0 Å². The van der Waals surface area contributed by atoms with Gasteiger partial charge < -0.3 is 5.32 Å². The molecule has 5 heteroatoms. The summed E-state index contributed by atoms with van der Waals surface area (Å²) in [5, 5.41) is 3.18. The minimum atomic E-state index is -0.131. The van der Waals surface area contributed by atoms with Gasteiger partial charge in [-0.3, -0.25) is 9.36 Å². The molecule has 0 unspecified atom stereocenters. The highest BCUT2D eigenvalue weighted by molar-refractivity contribution is 5.95. The molecule has 1 aromatic carbocycles. The Kier molecular flexibility index (Phi) is 3.43. The maximum atomic E-state index is 13.2. The number of nitrogens with zero attached hydrogens (tertiary/aromatic N) is 3. The molecule has 1 N–H and O–H groups in total. The molecule has 2 aromatic heterocycles. The predicted octanol–water partition coefficient (Wildman–Crippen LogP) is 4.58. The lowest BCUT2D eigenvalue weighted by Crippen LogP contribution is -2.51. The van der Waals surface area contributed by atoms with Crippen molar-refractivity contribution >= 4 is 22.6 Å². The highest BCUT2D eigenvalue weighted by atomic mass is 16.2. The Bertz CT molecular complexity index is 1020. The highest BCUT2D eigenvalue weighted by Crippen LogP contribution is 2.60. The van der Waals surface area contributed by atoms with Crippen molar-refractivity contribution in [1.82, 2.24) is 14.5 Å². The number of hydrogen-bond donors (Lipinski definition) is 1. The van der Waals surface area contributed by atoms with Crippen LogP contribution in [0.1, 0.15) is 38.5 Å². The van der Waals surface area contributed by atoms with E-state index < -0.39 is 0 Å². The number of amides is 1. The third-order valence-electron chi connectivity index (χ3n) is 7.23. The van der Waals surface area contributed by atoms with Crippen LogP contribution in [0.15, 0.2) is 48.9 Å². The van der Waals surface area contributed by atoms with Crippen LogP contribution in [0.4, 0.5) is 5.69 Å². The molecule has 4 bridgehead atoms. The summed E-state index contributed by atoms with van der Waals surface area (Å²) >= 11 is 0. The largest absolute Gasteiger partial charge is 0.324 e. The molecule has 1 amide bonds. The van der Waals surface area contributed by atoms with Crippen LogP contribution in [0.5, 0.6) is 0 Å². The predicted molar refractivity (Wildman–Crippen MR) is 108 cm³/mol. The molecule has 0 spiro atoms. The summed E-state index contributed by atoms with van der Waals surface area (Å²) in [5.74, 6) is 3.34. The van der Waals surface area contributed by atoms with Crippen LogP contribution in [0, 0.1) is 23.2 Å². The van der Waals surface area contributed by atoms with E-state index in [4.69, 9.17) is 0 Å². The van der Waals surface area contributed by atoms with Gasteiger partial charge >= 0.3 is 0 Å². The quantitative estimate of drug-likeness (QED) is 0.732. The second-order valence-corrected chi connectivity index (χ2v) is 9.16. The molecular formula is C23H24N4O. The van der Waals surface area contributed by atoms with Crippen LogP contribution in [0.3, 0.4) is 0 Å². The summed E-state index contributed by atoms with van der Waals surface area (Å²) < 4.78 is 1.97. The number of para-hydroxylation sites is 2. The Balaban J connectivity index is 1.23. The van der Waals surface area contributed by atoms with Crippen LogP contribution < -0.4 is 5.32 Å². The van der Waals surface area contributed by atoms with E-state index in [0.717, 1.165) is 59.6 Å². The number of rotatable bonds is 3. The molecule has 4 saturated carbocycles. The molecule has 7 rings (SSSR count). The summed E-state index contributed by atoms with van der Waals surface area (Å²) in [7, 11) is 0. The first-order valence-electron chi connectivity index (χ1n) is 10.4. The number of imidazole rings is 1. The summed E-state index contributed by atoms with van der Waals surface area (Å²) in [4.78, 5) is 22.2. The Morgan fingerprint density at radius 2 is 1.68 bits per heavy atom. The average molecular weight is 372 g/mol. The van der Waals surface area contributed by atoms with Gasteiger partial charge in [0.1, 0.15) is 12.1 Å². The van der Waals surface area contributed by atoms with Crippen LogP contribution in [0.25, 0.3) is 16.9 Å². The lowest BCUT2D eigenvalue weighted by molar-refractivity contribution is -0.140. The van der Waals surface area contributed by atoms with Crippen LogP contribution in [-0.2, 0) is 4.79 Å². The maximum Gasteiger partial charge on any atom is 0.230 e. The Labute approximate surface area is 164 Å². The van der Waals surface area contributed by atoms with Gasteiger partial charge in [-0.25, -0.2) is 9.97 Å². The molecule has 2 heterocycles. The molecule has 0 aliphatic heterocycles. The Morgan fingerprint density at radius 1 is 0.964 bits per heavy atom. The summed E-state index contributed by atoms with van der Waals surface area (Å²) in [5.41, 5.74) is 2.63. The number of aromatic nitrogens is 3. The second kappa shape index (κ2) is 5.90. The van der Waals surface area contributed by atoms with E-state index in [9.17, 15) is 4.79 Å². The molecule has 0 radical (unpaired) electrons. The second-order valence-electron chi connectivity index (χ2n) is 9.16. The monoisotopic (exact) mass is 372 g/mol. The van der Waals surface area contributed by atoms with Gasteiger partial charge in [-0.2, -0.15) is 0 Å². The van der Waals surface area contributed by atoms with E-state index in [2.05, 4.69) is 15.3 Å². The topological polar surface area (TPSA) is 59.8 Å². The zero-order valence-electron chi connectivity index (χ0n) is 15.8. The molecule has 4 aliphatic carbocycles. The number of anilines is 1. The van der Waals surface area contributed by atoms with Crippen LogP contribution in [-0.4, -0.2) is 20.4 Å². The van der Waals surface area contributed by atoms with Crippen molar-refractivity contribution in [3.05, 3.63) is 48.9 Å². The van der Waals surface area contributed by atoms with Crippen LogP contribution >= 0.6 is 0 Å². The Hall–Kier alpha value is -2.69. The summed E-state index contributed by atoms with van der Waals surface area (Å²) in [6.45, 7) is 0. The van der Waals surface area contributed by atoms with Gasteiger partial charge in [0, 0.05) is 0 Å². The van der Waals surface area contributed by atoms with Gasteiger partial charge in [-0.1, -0.05) is 12.1 Å². The van der Waals surface area contributed by atoms with E-state index in [-0.39, 0.29) is 11.3 Å². The lowest BCUT2D eigenvalue weighted by Gasteiger charge is -2.55. The fourth-order valence-corrected chi connectivity index (χ4v) is 6.40. The fourth-order valence-electron chi connectivity index (χ4n) is 6.40. The number of fused-ring (bicyclic) bond motifs is 1. The Morgan fingerprint density at radius 3 is 2.36 bits per heavy atom. The first-order valence-corrected chi connectivity index (χ1v) is 10.4.